The number of nitrogens with one attached hydrogen (secondary N) is 1. The van der Waals surface area contributed by atoms with Crippen LogP contribution in [0.1, 0.15) is 27.0 Å². The Labute approximate surface area is 203 Å². The molecule has 0 radical (unpaired) electrons. The molecule has 30 heavy (non-hydrogen) atoms. The normalized spacial score (nSPS) is 10.8. The van der Waals surface area contributed by atoms with Crippen LogP contribution in [0.4, 0.5) is 0 Å². The smallest absolute Gasteiger partial charge is 0.271 e. The molecule has 0 fully saturated rings. The number of methoxy groups -OCH3 is 1. The summed E-state index contributed by atoms with van der Waals surface area (Å²) >= 11 is 4.39. The number of carbonyl (C=O) groups is 1. The van der Waals surface area contributed by atoms with Gasteiger partial charge in [-0.1, -0.05) is 29.8 Å². The molecule has 0 heterocycles. The van der Waals surface area contributed by atoms with Gasteiger partial charge < -0.3 is 9.47 Å². The molecule has 0 aliphatic carbocycles. The van der Waals surface area contributed by atoms with Crippen molar-refractivity contribution in [3.63, 3.8) is 0 Å². The van der Waals surface area contributed by atoms with E-state index in [-0.39, 0.29) is 5.91 Å². The zero-order chi connectivity index (χ0) is 21.5. The van der Waals surface area contributed by atoms with Crippen molar-refractivity contribution >= 4 is 57.3 Å². The van der Waals surface area contributed by atoms with Gasteiger partial charge in [-0.25, -0.2) is 5.43 Å². The molecule has 3 aromatic rings. The third-order valence-corrected chi connectivity index (χ3v) is 6.00. The molecule has 3 rings (SSSR count). The SMILES string of the molecule is COc1cc(C(=O)N/N=C\c2ccc(OCc3ccc(C)cc3)c(I)c2)ccc1I. The van der Waals surface area contributed by atoms with Crippen molar-refractivity contribution < 1.29 is 14.3 Å². The lowest BCUT2D eigenvalue weighted by Crippen LogP contribution is -2.17. The molecule has 7 heteroatoms. The molecule has 0 aliphatic heterocycles. The highest BCUT2D eigenvalue weighted by molar-refractivity contribution is 14.1. The number of amides is 1. The van der Waals surface area contributed by atoms with Gasteiger partial charge in [0.25, 0.3) is 5.91 Å². The van der Waals surface area contributed by atoms with Crippen molar-refractivity contribution in [3.05, 3.63) is 90.1 Å². The molecule has 5 nitrogen and oxygen atoms in total. The lowest BCUT2D eigenvalue weighted by atomic mass is 10.2. The Kier molecular flexibility index (Phi) is 8.08. The van der Waals surface area contributed by atoms with Crippen molar-refractivity contribution in [2.24, 2.45) is 5.10 Å². The highest BCUT2D eigenvalue weighted by atomic mass is 127. The van der Waals surface area contributed by atoms with Crippen LogP contribution in [0.2, 0.25) is 0 Å². The third-order valence-electron chi connectivity index (χ3n) is 4.26. The minimum atomic E-state index is -0.298. The van der Waals surface area contributed by atoms with E-state index in [9.17, 15) is 4.79 Å². The van der Waals surface area contributed by atoms with E-state index in [1.807, 2.05) is 24.3 Å². The van der Waals surface area contributed by atoms with Crippen LogP contribution in [0.5, 0.6) is 11.5 Å². The third kappa shape index (κ3) is 6.18. The first-order valence-corrected chi connectivity index (χ1v) is 11.3. The molecule has 0 unspecified atom stereocenters. The Morgan fingerprint density at radius 3 is 2.47 bits per heavy atom. The molecule has 1 amide bonds. The quantitative estimate of drug-likeness (QED) is 0.213. The number of hydrazone groups is 1. The van der Waals surface area contributed by atoms with E-state index in [0.29, 0.717) is 17.9 Å². The van der Waals surface area contributed by atoms with E-state index >= 15 is 0 Å². The second-order valence-electron chi connectivity index (χ2n) is 6.51. The molecular weight excluding hydrogens is 606 g/mol. The van der Waals surface area contributed by atoms with E-state index in [2.05, 4.69) is 86.9 Å². The molecule has 0 aromatic heterocycles. The van der Waals surface area contributed by atoms with E-state index in [1.165, 1.54) is 5.56 Å². The Morgan fingerprint density at radius 1 is 1.00 bits per heavy atom. The molecule has 0 saturated heterocycles. The fourth-order valence-electron chi connectivity index (χ4n) is 2.59. The summed E-state index contributed by atoms with van der Waals surface area (Å²) in [5.74, 6) is 1.17. The zero-order valence-corrected chi connectivity index (χ0v) is 20.8. The first-order chi connectivity index (χ1) is 14.5. The van der Waals surface area contributed by atoms with Crippen LogP contribution in [0.3, 0.4) is 0 Å². The maximum absolute atomic E-state index is 12.3. The van der Waals surface area contributed by atoms with Crippen LogP contribution in [0.25, 0.3) is 0 Å². The number of aryl methyl sites for hydroxylation is 1. The van der Waals surface area contributed by atoms with Crippen molar-refractivity contribution in [1.29, 1.82) is 0 Å². The van der Waals surface area contributed by atoms with Crippen LogP contribution in [0.15, 0.2) is 65.8 Å². The number of rotatable bonds is 7. The van der Waals surface area contributed by atoms with Crippen molar-refractivity contribution in [3.8, 4) is 11.5 Å². The van der Waals surface area contributed by atoms with Crippen LogP contribution in [0, 0.1) is 14.1 Å². The van der Waals surface area contributed by atoms with Gasteiger partial charge in [-0.15, -0.1) is 0 Å². The molecular formula is C23H20I2N2O3. The highest BCUT2D eigenvalue weighted by Crippen LogP contribution is 2.23. The molecule has 0 spiro atoms. The lowest BCUT2D eigenvalue weighted by molar-refractivity contribution is 0.0954. The summed E-state index contributed by atoms with van der Waals surface area (Å²) in [4.78, 5) is 12.3. The first-order valence-electron chi connectivity index (χ1n) is 9.11. The highest BCUT2D eigenvalue weighted by Gasteiger charge is 2.08. The Bertz CT molecular complexity index is 1070. The van der Waals surface area contributed by atoms with Crippen LogP contribution >= 0.6 is 45.2 Å². The van der Waals surface area contributed by atoms with E-state index < -0.39 is 0 Å². The van der Waals surface area contributed by atoms with Gasteiger partial charge in [0.05, 0.1) is 20.5 Å². The predicted octanol–water partition coefficient (Wildman–Crippen LogP) is 5.56. The number of carbonyl (C=O) groups excluding carboxylic acids is 1. The maximum atomic E-state index is 12.3. The average Bonchev–Trinajstić information content (AvgIpc) is 2.74. The lowest BCUT2D eigenvalue weighted by Gasteiger charge is -2.09. The van der Waals surface area contributed by atoms with E-state index in [1.54, 1.807) is 25.5 Å². The van der Waals surface area contributed by atoms with Gasteiger partial charge in [0.2, 0.25) is 0 Å². The second-order valence-corrected chi connectivity index (χ2v) is 8.84. The molecule has 0 atom stereocenters. The first kappa shape index (κ1) is 22.5. The summed E-state index contributed by atoms with van der Waals surface area (Å²) in [5, 5.41) is 4.06. The van der Waals surface area contributed by atoms with E-state index in [4.69, 9.17) is 9.47 Å². The number of halogens is 2. The molecule has 1 N–H and O–H groups in total. The van der Waals surface area contributed by atoms with Crippen LogP contribution < -0.4 is 14.9 Å². The zero-order valence-electron chi connectivity index (χ0n) is 16.5. The topological polar surface area (TPSA) is 59.9 Å². The number of benzene rings is 3. The van der Waals surface area contributed by atoms with Gasteiger partial charge in [0.15, 0.2) is 0 Å². The van der Waals surface area contributed by atoms with Gasteiger partial charge in [0.1, 0.15) is 18.1 Å². The fraction of sp³-hybridized carbons (Fsp3) is 0.130. The standard InChI is InChI=1S/C23H20I2N2O3/c1-15-3-5-16(6-4-15)14-30-21-10-7-17(11-20(21)25)13-26-27-23(28)18-8-9-19(24)22(12-18)29-2/h3-13H,14H2,1-2H3,(H,27,28)/b26-13-. The minimum absolute atomic E-state index is 0.298. The summed E-state index contributed by atoms with van der Waals surface area (Å²) in [6.45, 7) is 2.58. The number of hydrogen-bond acceptors (Lipinski definition) is 4. The monoisotopic (exact) mass is 626 g/mol. The van der Waals surface area contributed by atoms with Crippen molar-refractivity contribution in [2.45, 2.75) is 13.5 Å². The van der Waals surface area contributed by atoms with Gasteiger partial charge >= 0.3 is 0 Å². The van der Waals surface area contributed by atoms with Gasteiger partial charge in [-0.05, 0) is 99.6 Å². The number of nitrogens with zero attached hydrogens (tertiary/aromatic N) is 1. The maximum Gasteiger partial charge on any atom is 0.271 e. The van der Waals surface area contributed by atoms with Crippen molar-refractivity contribution in [2.75, 3.05) is 7.11 Å². The van der Waals surface area contributed by atoms with Gasteiger partial charge in [-0.2, -0.15) is 5.10 Å². The summed E-state index contributed by atoms with van der Waals surface area (Å²) in [5.41, 5.74) is 6.24. The van der Waals surface area contributed by atoms with Crippen LogP contribution in [-0.2, 0) is 6.61 Å². The van der Waals surface area contributed by atoms with Gasteiger partial charge in [-0.3, -0.25) is 4.79 Å². The Morgan fingerprint density at radius 2 is 1.77 bits per heavy atom. The summed E-state index contributed by atoms with van der Waals surface area (Å²) in [6, 6.07) is 19.3. The van der Waals surface area contributed by atoms with Gasteiger partial charge in [0, 0.05) is 5.56 Å². The minimum Gasteiger partial charge on any atom is -0.496 e. The average molecular weight is 626 g/mol. The molecule has 3 aromatic carbocycles. The summed E-state index contributed by atoms with van der Waals surface area (Å²) < 4.78 is 13.1. The Balaban J connectivity index is 1.58. The van der Waals surface area contributed by atoms with Crippen LogP contribution in [-0.4, -0.2) is 19.2 Å². The number of ether oxygens (including phenoxy) is 2. The fourth-order valence-corrected chi connectivity index (χ4v) is 3.84. The summed E-state index contributed by atoms with van der Waals surface area (Å²) in [7, 11) is 1.58. The largest absolute Gasteiger partial charge is 0.496 e. The molecule has 0 aliphatic rings. The molecule has 0 saturated carbocycles. The van der Waals surface area contributed by atoms with Crippen molar-refractivity contribution in [1.82, 2.24) is 5.43 Å². The predicted molar refractivity (Wildman–Crippen MR) is 135 cm³/mol. The summed E-state index contributed by atoms with van der Waals surface area (Å²) in [6.07, 6.45) is 1.60. The second kappa shape index (κ2) is 10.8. The Hall–Kier alpha value is -2.14. The molecule has 154 valence electrons. The number of hydrogen-bond donors (Lipinski definition) is 1. The molecule has 0 bridgehead atoms. The van der Waals surface area contributed by atoms with E-state index in [0.717, 1.165) is 24.0 Å².